The second-order valence-corrected chi connectivity index (χ2v) is 3.22. The quantitative estimate of drug-likeness (QED) is 0.230. The van der Waals surface area contributed by atoms with Gasteiger partial charge in [-0.25, -0.2) is 0 Å². The molecule has 0 amide bonds. The fraction of sp³-hybridized carbons (Fsp3) is 1.00. The molecule has 0 radical (unpaired) electrons. The Bertz CT molecular complexity index is 192. The molecule has 0 bridgehead atoms. The van der Waals surface area contributed by atoms with E-state index in [9.17, 15) is 20.2 Å². The minimum atomic E-state index is -1.69. The van der Waals surface area contributed by atoms with Crippen molar-refractivity contribution in [3.05, 3.63) is 4.91 Å². The van der Waals surface area contributed by atoms with E-state index in [1.807, 2.05) is 0 Å². The first-order chi connectivity index (χ1) is 6.93. The summed E-state index contributed by atoms with van der Waals surface area (Å²) in [6.07, 6.45) is -6.37. The van der Waals surface area contributed by atoms with Crippen molar-refractivity contribution in [2.75, 3.05) is 20.2 Å². The van der Waals surface area contributed by atoms with Crippen LogP contribution in [0.4, 0.5) is 0 Å². The summed E-state index contributed by atoms with van der Waals surface area (Å²) in [6.45, 7) is -1.04. The van der Waals surface area contributed by atoms with Gasteiger partial charge in [0.2, 0.25) is 0 Å². The zero-order chi connectivity index (χ0) is 12.0. The van der Waals surface area contributed by atoms with Crippen LogP contribution in [0.5, 0.6) is 0 Å². The van der Waals surface area contributed by atoms with Gasteiger partial charge >= 0.3 is 0 Å². The molecule has 90 valence electrons. The molecule has 0 saturated carbocycles. The molecule has 15 heavy (non-hydrogen) atoms. The molecule has 0 aliphatic heterocycles. The van der Waals surface area contributed by atoms with E-state index in [1.54, 1.807) is 0 Å². The molecule has 8 heteroatoms. The number of nitroso groups, excluding NO2 is 1. The molecule has 0 aromatic rings. The Balaban J connectivity index is 4.17. The summed E-state index contributed by atoms with van der Waals surface area (Å²) in [7, 11) is 1.28. The van der Waals surface area contributed by atoms with Crippen LogP contribution < -0.4 is 0 Å². The first-order valence-electron chi connectivity index (χ1n) is 4.31. The van der Waals surface area contributed by atoms with E-state index in [1.165, 1.54) is 7.05 Å². The first kappa shape index (κ1) is 14.2. The van der Waals surface area contributed by atoms with E-state index in [4.69, 9.17) is 10.2 Å². The maximum Gasteiger partial charge on any atom is 0.111 e. The average Bonchev–Trinajstić information content (AvgIpc) is 2.25. The van der Waals surface area contributed by atoms with Crippen molar-refractivity contribution in [1.82, 2.24) is 5.01 Å². The lowest BCUT2D eigenvalue weighted by Crippen LogP contribution is -2.48. The molecule has 0 aliphatic carbocycles. The lowest BCUT2D eigenvalue weighted by Gasteiger charge is -2.26. The van der Waals surface area contributed by atoms with E-state index < -0.39 is 31.0 Å². The number of likely N-dealkylation sites (N-methyl/N-ethyl adjacent to an activating group) is 1. The summed E-state index contributed by atoms with van der Waals surface area (Å²) in [5, 5.41) is 48.5. The van der Waals surface area contributed by atoms with Gasteiger partial charge in [0.15, 0.2) is 0 Å². The third-order valence-electron chi connectivity index (χ3n) is 1.92. The fourth-order valence-electron chi connectivity index (χ4n) is 0.975. The number of nitrogens with zero attached hydrogens (tertiary/aromatic N) is 2. The highest BCUT2D eigenvalue weighted by molar-refractivity contribution is 4.81. The third-order valence-corrected chi connectivity index (χ3v) is 1.92. The Morgan fingerprint density at radius 1 is 1.13 bits per heavy atom. The van der Waals surface area contributed by atoms with Crippen molar-refractivity contribution in [2.24, 2.45) is 5.29 Å². The Kier molecular flexibility index (Phi) is 6.29. The summed E-state index contributed by atoms with van der Waals surface area (Å²) < 4.78 is 0. The van der Waals surface area contributed by atoms with Gasteiger partial charge in [0, 0.05) is 7.05 Å². The normalized spacial score (nSPS) is 19.1. The van der Waals surface area contributed by atoms with E-state index in [-0.39, 0.29) is 6.54 Å². The van der Waals surface area contributed by atoms with Gasteiger partial charge in [0.1, 0.15) is 24.4 Å². The van der Waals surface area contributed by atoms with Crippen LogP contribution in [0.2, 0.25) is 0 Å². The maximum atomic E-state index is 9.95. The Morgan fingerprint density at radius 2 is 1.60 bits per heavy atom. The SMILES string of the molecule is CN(C[C@H](O)[C@@H](O)[C@H](O)[C@H](O)CO)N=O. The molecule has 0 aliphatic rings. The summed E-state index contributed by atoms with van der Waals surface area (Å²) in [5.74, 6) is 0. The molecule has 0 rings (SSSR count). The summed E-state index contributed by atoms with van der Waals surface area (Å²) >= 11 is 0. The topological polar surface area (TPSA) is 134 Å². The maximum absolute atomic E-state index is 9.95. The monoisotopic (exact) mass is 224 g/mol. The zero-order valence-electron chi connectivity index (χ0n) is 8.26. The van der Waals surface area contributed by atoms with Gasteiger partial charge in [0.05, 0.1) is 18.4 Å². The predicted molar refractivity (Wildman–Crippen MR) is 49.5 cm³/mol. The van der Waals surface area contributed by atoms with Crippen molar-refractivity contribution in [3.63, 3.8) is 0 Å². The van der Waals surface area contributed by atoms with Crippen LogP contribution in [0, 0.1) is 4.91 Å². The van der Waals surface area contributed by atoms with Gasteiger partial charge in [-0.2, -0.15) is 0 Å². The molecule has 0 aromatic carbocycles. The van der Waals surface area contributed by atoms with Crippen LogP contribution >= 0.6 is 0 Å². The van der Waals surface area contributed by atoms with Crippen molar-refractivity contribution in [3.8, 4) is 0 Å². The van der Waals surface area contributed by atoms with Crippen LogP contribution in [0.1, 0.15) is 0 Å². The van der Waals surface area contributed by atoms with Crippen molar-refractivity contribution in [2.45, 2.75) is 24.4 Å². The number of rotatable bonds is 7. The molecule has 0 spiro atoms. The predicted octanol–water partition coefficient (Wildman–Crippen LogP) is -2.96. The van der Waals surface area contributed by atoms with E-state index in [2.05, 4.69) is 5.29 Å². The number of aliphatic hydroxyl groups excluding tert-OH is 5. The molecular weight excluding hydrogens is 208 g/mol. The van der Waals surface area contributed by atoms with Crippen LogP contribution in [0.15, 0.2) is 5.29 Å². The average molecular weight is 224 g/mol. The highest BCUT2D eigenvalue weighted by atomic mass is 16.4. The number of hydrogen-bond donors (Lipinski definition) is 5. The molecule has 4 atom stereocenters. The second-order valence-electron chi connectivity index (χ2n) is 3.22. The van der Waals surface area contributed by atoms with Gasteiger partial charge < -0.3 is 25.5 Å². The number of aliphatic hydroxyl groups is 5. The van der Waals surface area contributed by atoms with Crippen molar-refractivity contribution < 1.29 is 25.5 Å². The standard InChI is InChI=1S/C7H16N2O6/c1-9(8-15)2-4(11)6(13)7(14)5(12)3-10/h4-7,10-14H,2-3H2,1H3/t4-,5+,6+,7+/m0/s1. The summed E-state index contributed by atoms with van der Waals surface area (Å²) in [6, 6.07) is 0. The molecule has 0 fully saturated rings. The summed E-state index contributed by atoms with van der Waals surface area (Å²) in [4.78, 5) is 9.95. The van der Waals surface area contributed by atoms with E-state index >= 15 is 0 Å². The van der Waals surface area contributed by atoms with Gasteiger partial charge in [-0.05, 0) is 0 Å². The fourth-order valence-corrected chi connectivity index (χ4v) is 0.975. The molecule has 5 N–H and O–H groups in total. The van der Waals surface area contributed by atoms with Crippen LogP contribution in [0.25, 0.3) is 0 Å². The lowest BCUT2D eigenvalue weighted by molar-refractivity contribution is -0.118. The molecule has 0 saturated heterocycles. The lowest BCUT2D eigenvalue weighted by atomic mass is 10.0. The highest BCUT2D eigenvalue weighted by Gasteiger charge is 2.30. The minimum Gasteiger partial charge on any atom is -0.394 e. The summed E-state index contributed by atoms with van der Waals surface area (Å²) in [5.41, 5.74) is 0. The largest absolute Gasteiger partial charge is 0.394 e. The minimum absolute atomic E-state index is 0.292. The molecular formula is C7H16N2O6. The van der Waals surface area contributed by atoms with Gasteiger partial charge in [-0.15, -0.1) is 4.91 Å². The number of hydrogen-bond acceptors (Lipinski definition) is 7. The Hall–Kier alpha value is -0.800. The van der Waals surface area contributed by atoms with Crippen molar-refractivity contribution in [1.29, 1.82) is 0 Å². The van der Waals surface area contributed by atoms with Crippen LogP contribution in [-0.2, 0) is 0 Å². The van der Waals surface area contributed by atoms with Crippen LogP contribution in [0.3, 0.4) is 0 Å². The first-order valence-corrected chi connectivity index (χ1v) is 4.31. The van der Waals surface area contributed by atoms with Gasteiger partial charge in [-0.3, -0.25) is 5.01 Å². The zero-order valence-corrected chi connectivity index (χ0v) is 8.26. The van der Waals surface area contributed by atoms with Gasteiger partial charge in [-0.1, -0.05) is 0 Å². The smallest absolute Gasteiger partial charge is 0.111 e. The Labute approximate surface area is 86.3 Å². The molecule has 0 aromatic heterocycles. The second kappa shape index (κ2) is 6.64. The van der Waals surface area contributed by atoms with Crippen molar-refractivity contribution >= 4 is 0 Å². The van der Waals surface area contributed by atoms with Gasteiger partial charge in [0.25, 0.3) is 0 Å². The van der Waals surface area contributed by atoms with E-state index in [0.717, 1.165) is 5.01 Å². The molecule has 8 nitrogen and oxygen atoms in total. The third kappa shape index (κ3) is 4.49. The highest BCUT2D eigenvalue weighted by Crippen LogP contribution is 2.06. The van der Waals surface area contributed by atoms with Crippen LogP contribution in [-0.4, -0.2) is 75.2 Å². The molecule has 0 unspecified atom stereocenters. The molecule has 0 heterocycles. The van der Waals surface area contributed by atoms with E-state index in [0.29, 0.717) is 0 Å². The Morgan fingerprint density at radius 3 is 2.00 bits per heavy atom.